The van der Waals surface area contributed by atoms with E-state index >= 15 is 0 Å². The summed E-state index contributed by atoms with van der Waals surface area (Å²) >= 11 is 0. The van der Waals surface area contributed by atoms with Crippen LogP contribution in [-0.4, -0.2) is 48.8 Å². The van der Waals surface area contributed by atoms with Crippen molar-refractivity contribution in [2.45, 2.75) is 13.3 Å². The predicted molar refractivity (Wildman–Crippen MR) is 226 cm³/mol. The zero-order chi connectivity index (χ0) is 35.7. The van der Waals surface area contributed by atoms with Crippen LogP contribution in [0.15, 0.2) is 133 Å². The summed E-state index contributed by atoms with van der Waals surface area (Å²) in [4.78, 5) is 4.90. The maximum absolute atomic E-state index is 6.63. The van der Waals surface area contributed by atoms with Gasteiger partial charge >= 0.3 is 0 Å². The Morgan fingerprint density at radius 3 is 1.62 bits per heavy atom. The van der Waals surface area contributed by atoms with E-state index in [9.17, 15) is 0 Å². The monoisotopic (exact) mass is 650 g/mol. The second-order valence-electron chi connectivity index (χ2n) is 13.3. The quantitative estimate of drug-likeness (QED) is 0.165. The third-order valence-corrected chi connectivity index (χ3v) is 10.4. The van der Waals surface area contributed by atoms with E-state index in [1.165, 1.54) is 5.56 Å². The lowest BCUT2D eigenvalue weighted by Gasteiger charge is -2.24. The normalized spacial score (nSPS) is 11.6. The lowest BCUT2D eigenvalue weighted by molar-refractivity contribution is 0.909. The van der Waals surface area contributed by atoms with E-state index in [0.717, 1.165) is 83.5 Å². The zero-order valence-corrected chi connectivity index (χ0v) is 28.7. The molecular weight excluding hydrogens is 623 g/mol. The van der Waals surface area contributed by atoms with Gasteiger partial charge in [0.2, 0.25) is 0 Å². The first-order chi connectivity index (χ1) is 25.4. The molecule has 0 amide bonds. The predicted octanol–water partition coefficient (Wildman–Crippen LogP) is 6.02. The van der Waals surface area contributed by atoms with Crippen LogP contribution in [0.25, 0.3) is 82.4 Å². The first kappa shape index (κ1) is 32.3. The lowest BCUT2D eigenvalue weighted by Crippen LogP contribution is -2.55. The molecule has 0 fully saturated rings. The van der Waals surface area contributed by atoms with Gasteiger partial charge in [0.15, 0.2) is 0 Å². The van der Waals surface area contributed by atoms with Crippen LogP contribution in [0.3, 0.4) is 0 Å². The summed E-state index contributed by atoms with van der Waals surface area (Å²) in [5.74, 6) is 1.05. The number of benzene rings is 8. The molecule has 0 bridgehead atoms. The van der Waals surface area contributed by atoms with Gasteiger partial charge in [-0.15, -0.1) is 16.4 Å². The summed E-state index contributed by atoms with van der Waals surface area (Å²) < 4.78 is 2.27. The Kier molecular flexibility index (Phi) is 7.77. The molecule has 2 nitrogen and oxygen atoms in total. The van der Waals surface area contributed by atoms with Crippen LogP contribution in [0.1, 0.15) is 12.7 Å². The molecule has 0 atom stereocenters. The number of hydrogen-bond donors (Lipinski definition) is 0. The van der Waals surface area contributed by atoms with Crippen LogP contribution in [0.2, 0.25) is 0 Å². The van der Waals surface area contributed by atoms with E-state index in [4.69, 9.17) is 44.2 Å². The van der Waals surface area contributed by atoms with Crippen molar-refractivity contribution in [3.63, 3.8) is 0 Å². The smallest absolute Gasteiger partial charge is 0.114 e. The number of rotatable bonds is 5. The molecule has 232 valence electrons. The molecule has 9 rings (SSSR count). The largest absolute Gasteiger partial charge is 0.296 e. The number of hydrogen-bond acceptors (Lipinski definition) is 1. The Balaban J connectivity index is 1.27. The molecule has 0 unspecified atom stereocenters. The van der Waals surface area contributed by atoms with Gasteiger partial charge in [0.1, 0.15) is 45.1 Å². The standard InChI is InChI=1S/C45H27B5N2/c1-2-37-51-35-17-9-10-18-36(35)52(37)28-22-21-25-23-27(20-19-26(25)24-28)38-29-11-3-5-13-31(29)39(32-14-6-4-12-30(32)38)33-15-7-8-16-34(33)40-41(46)43(48)45(50)44(49)42(40)47/h3-24H,2H2,1H3. The van der Waals surface area contributed by atoms with Gasteiger partial charge in [0.25, 0.3) is 0 Å². The molecule has 1 heterocycles. The number of nitrogens with zero attached hydrogens (tertiary/aromatic N) is 2. The van der Waals surface area contributed by atoms with Gasteiger partial charge in [-0.3, -0.25) is 4.57 Å². The van der Waals surface area contributed by atoms with E-state index < -0.39 is 0 Å². The molecule has 0 spiro atoms. The highest BCUT2D eigenvalue weighted by molar-refractivity contribution is 6.68. The molecule has 0 N–H and O–H groups in total. The Labute approximate surface area is 310 Å². The number of para-hydroxylation sites is 2. The minimum absolute atomic E-state index is 0.198. The molecule has 7 heteroatoms. The van der Waals surface area contributed by atoms with Crippen molar-refractivity contribution in [3.8, 4) is 39.1 Å². The minimum atomic E-state index is 0.198. The maximum atomic E-state index is 6.63. The van der Waals surface area contributed by atoms with E-state index in [-0.39, 0.29) is 16.4 Å². The van der Waals surface area contributed by atoms with Crippen molar-refractivity contribution in [3.05, 3.63) is 139 Å². The van der Waals surface area contributed by atoms with Gasteiger partial charge in [0, 0.05) is 12.1 Å². The fourth-order valence-corrected chi connectivity index (χ4v) is 7.92. The molecule has 52 heavy (non-hydrogen) atoms. The zero-order valence-electron chi connectivity index (χ0n) is 28.7. The molecule has 0 saturated heterocycles. The van der Waals surface area contributed by atoms with Gasteiger partial charge in [-0.05, 0) is 96.0 Å². The molecule has 9 aromatic rings. The molecule has 0 saturated carbocycles. The molecule has 10 radical (unpaired) electrons. The van der Waals surface area contributed by atoms with E-state index in [2.05, 4.69) is 121 Å². The van der Waals surface area contributed by atoms with Crippen molar-refractivity contribution in [1.82, 2.24) is 9.55 Å². The first-order valence-corrected chi connectivity index (χ1v) is 17.4. The number of aryl methyl sites for hydroxylation is 1. The first-order valence-electron chi connectivity index (χ1n) is 17.4. The Morgan fingerprint density at radius 2 is 0.981 bits per heavy atom. The third kappa shape index (κ3) is 4.90. The van der Waals surface area contributed by atoms with Gasteiger partial charge in [-0.2, -0.15) is 0 Å². The van der Waals surface area contributed by atoms with Crippen LogP contribution in [0.4, 0.5) is 0 Å². The lowest BCUT2D eigenvalue weighted by atomic mass is 9.59. The number of imidazole rings is 1. The summed E-state index contributed by atoms with van der Waals surface area (Å²) in [6, 6.07) is 47.0. The Bertz CT molecular complexity index is 2820. The maximum Gasteiger partial charge on any atom is 0.114 e. The van der Waals surface area contributed by atoms with Crippen LogP contribution in [-0.2, 0) is 6.42 Å². The fraction of sp³-hybridized carbons (Fsp3) is 0.0444. The van der Waals surface area contributed by atoms with Gasteiger partial charge < -0.3 is 0 Å². The van der Waals surface area contributed by atoms with Crippen LogP contribution in [0.5, 0.6) is 0 Å². The van der Waals surface area contributed by atoms with Crippen molar-refractivity contribution in [2.24, 2.45) is 0 Å². The highest BCUT2D eigenvalue weighted by Gasteiger charge is 2.21. The third-order valence-electron chi connectivity index (χ3n) is 10.4. The molecule has 8 aromatic carbocycles. The SMILES string of the molecule is [B]c1c([B])c([B])c(-c2ccccc2-c2c3ccccc3c(-c3ccc4cc(-n5c(CC)nc6ccccc65)ccc4c3)c3ccccc23)c([B])c1[B]. The Morgan fingerprint density at radius 1 is 0.481 bits per heavy atom. The summed E-state index contributed by atoms with van der Waals surface area (Å²) in [5, 5.41) is 6.81. The summed E-state index contributed by atoms with van der Waals surface area (Å²) in [6.45, 7) is 2.15. The number of fused-ring (bicyclic) bond motifs is 4. The molecule has 0 aliphatic heterocycles. The average Bonchev–Trinajstić information content (AvgIpc) is 3.57. The van der Waals surface area contributed by atoms with Crippen molar-refractivity contribution in [1.29, 1.82) is 0 Å². The van der Waals surface area contributed by atoms with Crippen LogP contribution < -0.4 is 27.3 Å². The summed E-state index contributed by atoms with van der Waals surface area (Å²) in [5.41, 5.74) is 10.3. The van der Waals surface area contributed by atoms with E-state index in [1.54, 1.807) is 0 Å². The second-order valence-corrected chi connectivity index (χ2v) is 13.3. The highest BCUT2D eigenvalue weighted by atomic mass is 15.1. The number of aromatic nitrogens is 2. The van der Waals surface area contributed by atoms with Crippen LogP contribution >= 0.6 is 0 Å². The second kappa shape index (κ2) is 12.5. The van der Waals surface area contributed by atoms with Gasteiger partial charge in [0.05, 0.1) is 11.0 Å². The van der Waals surface area contributed by atoms with Crippen LogP contribution in [0, 0.1) is 0 Å². The van der Waals surface area contributed by atoms with Crippen molar-refractivity contribution < 1.29 is 0 Å². The topological polar surface area (TPSA) is 17.8 Å². The van der Waals surface area contributed by atoms with E-state index in [1.807, 2.05) is 24.3 Å². The molecule has 0 aliphatic rings. The Hall–Kier alpha value is -5.67. The molecule has 0 aliphatic carbocycles. The van der Waals surface area contributed by atoms with Gasteiger partial charge in [-0.25, -0.2) is 4.98 Å². The van der Waals surface area contributed by atoms with Gasteiger partial charge in [-0.1, -0.05) is 121 Å². The molecular formula is C45H27B5N2. The summed E-state index contributed by atoms with van der Waals surface area (Å²) in [7, 11) is 32.2. The van der Waals surface area contributed by atoms with E-state index in [0.29, 0.717) is 16.5 Å². The highest BCUT2D eigenvalue weighted by Crippen LogP contribution is 2.46. The van der Waals surface area contributed by atoms with Crippen molar-refractivity contribution in [2.75, 3.05) is 0 Å². The summed E-state index contributed by atoms with van der Waals surface area (Å²) in [6.07, 6.45) is 0.842. The minimum Gasteiger partial charge on any atom is -0.296 e. The van der Waals surface area contributed by atoms with Crippen molar-refractivity contribution >= 4 is 110 Å². The molecule has 1 aromatic heterocycles. The average molecular weight is 650 g/mol. The fourth-order valence-electron chi connectivity index (χ4n) is 7.92.